The molecule has 2 N–H and O–H groups in total. The molecule has 0 atom stereocenters. The highest BCUT2D eigenvalue weighted by molar-refractivity contribution is 5.86. The van der Waals surface area contributed by atoms with Crippen molar-refractivity contribution >= 4 is 18.0 Å². The topological polar surface area (TPSA) is 93.7 Å². The second-order valence-electron chi connectivity index (χ2n) is 7.00. The van der Waals surface area contributed by atoms with Crippen LogP contribution in [0.25, 0.3) is 0 Å². The maximum Gasteiger partial charge on any atom is 0.407 e. The van der Waals surface area contributed by atoms with Crippen molar-refractivity contribution in [2.75, 3.05) is 26.3 Å². The molecule has 7 nitrogen and oxygen atoms in total. The third-order valence-electron chi connectivity index (χ3n) is 3.40. The Balaban J connectivity index is -0.000000100. The van der Waals surface area contributed by atoms with Crippen LogP contribution in [0.1, 0.15) is 83.1 Å². The lowest BCUT2D eigenvalue weighted by Gasteiger charge is -2.08. The van der Waals surface area contributed by atoms with Crippen LogP contribution in [0.4, 0.5) is 4.79 Å². The molecule has 0 rings (SSSR count). The fourth-order valence-electron chi connectivity index (χ4n) is 1.88. The molecular formula is C25H54N2O5. The predicted octanol–water partition coefficient (Wildman–Crippen LogP) is 6.15. The van der Waals surface area contributed by atoms with Crippen LogP contribution in [0.2, 0.25) is 0 Å². The van der Waals surface area contributed by atoms with Crippen LogP contribution in [0.15, 0.2) is 25.3 Å². The third kappa shape index (κ3) is 38.3. The average Bonchev–Trinajstić information content (AvgIpc) is 2.65. The summed E-state index contributed by atoms with van der Waals surface area (Å²) in [6.45, 7) is 16.7. The maximum atomic E-state index is 11.1. The lowest BCUT2D eigenvalue weighted by Crippen LogP contribution is -2.27. The molecule has 0 fully saturated rings. The first kappa shape index (κ1) is 43.5. The van der Waals surface area contributed by atoms with Gasteiger partial charge in [0, 0.05) is 19.2 Å². The zero-order valence-electron chi connectivity index (χ0n) is 17.9. The number of amides is 2. The van der Waals surface area contributed by atoms with Gasteiger partial charge in [0.2, 0.25) is 5.91 Å². The highest BCUT2D eigenvalue weighted by atomic mass is 16.6. The molecule has 0 aromatic rings. The summed E-state index contributed by atoms with van der Waals surface area (Å²) in [7, 11) is 0. The minimum atomic E-state index is -0.522. The first-order valence-corrected chi connectivity index (χ1v) is 9.82. The molecular weight excluding hydrogens is 408 g/mol. The van der Waals surface area contributed by atoms with Crippen molar-refractivity contribution in [1.82, 2.24) is 10.6 Å². The van der Waals surface area contributed by atoms with Crippen molar-refractivity contribution in [3.8, 4) is 0 Å². The number of ether oxygens (including phenoxy) is 2. The molecule has 194 valence electrons. The maximum absolute atomic E-state index is 11.1. The minimum absolute atomic E-state index is 0. The SMILES string of the molecule is C.C.C.C.C=CC(=O)NCCCC(C)C.C=CC(=O)OCCOC(=O)NCCCC(C)C. The molecule has 0 aliphatic carbocycles. The smallest absolute Gasteiger partial charge is 0.407 e. The summed E-state index contributed by atoms with van der Waals surface area (Å²) in [5.41, 5.74) is 0. The van der Waals surface area contributed by atoms with E-state index in [1.54, 1.807) is 0 Å². The van der Waals surface area contributed by atoms with Crippen molar-refractivity contribution in [3.05, 3.63) is 25.3 Å². The van der Waals surface area contributed by atoms with E-state index in [2.05, 4.69) is 56.2 Å². The predicted molar refractivity (Wildman–Crippen MR) is 139 cm³/mol. The van der Waals surface area contributed by atoms with E-state index >= 15 is 0 Å². The summed E-state index contributed by atoms with van der Waals surface area (Å²) < 4.78 is 9.42. The molecule has 32 heavy (non-hydrogen) atoms. The highest BCUT2D eigenvalue weighted by Gasteiger charge is 2.02. The second-order valence-corrected chi connectivity index (χ2v) is 7.00. The number of carbonyl (C=O) groups is 3. The molecule has 0 heterocycles. The van der Waals surface area contributed by atoms with Crippen LogP contribution in [-0.4, -0.2) is 44.3 Å². The summed E-state index contributed by atoms with van der Waals surface area (Å²) in [5.74, 6) is 0.751. The van der Waals surface area contributed by atoms with Gasteiger partial charge in [-0.05, 0) is 43.6 Å². The Labute approximate surface area is 199 Å². The number of hydrogen-bond acceptors (Lipinski definition) is 5. The molecule has 0 saturated carbocycles. The number of alkyl carbamates (subject to hydrolysis) is 1. The molecule has 0 saturated heterocycles. The first-order chi connectivity index (χ1) is 13.2. The lowest BCUT2D eigenvalue weighted by atomic mass is 10.1. The van der Waals surface area contributed by atoms with Crippen LogP contribution in [0.3, 0.4) is 0 Å². The van der Waals surface area contributed by atoms with Crippen molar-refractivity contribution in [2.45, 2.75) is 83.1 Å². The number of carbonyl (C=O) groups excluding carboxylic acids is 3. The first-order valence-electron chi connectivity index (χ1n) is 9.82. The summed E-state index contributed by atoms with van der Waals surface area (Å²) in [4.78, 5) is 32.4. The zero-order valence-corrected chi connectivity index (χ0v) is 17.9. The fourth-order valence-corrected chi connectivity index (χ4v) is 1.88. The van der Waals surface area contributed by atoms with Crippen molar-refractivity contribution in [2.24, 2.45) is 11.8 Å². The Morgan fingerprint density at radius 3 is 1.59 bits per heavy atom. The molecule has 2 amide bonds. The van der Waals surface area contributed by atoms with E-state index in [1.165, 1.54) is 6.08 Å². The molecule has 0 aliphatic rings. The van der Waals surface area contributed by atoms with Crippen molar-refractivity contribution in [3.63, 3.8) is 0 Å². The van der Waals surface area contributed by atoms with Gasteiger partial charge in [0.15, 0.2) is 0 Å². The fraction of sp³-hybridized carbons (Fsp3) is 0.720. The quantitative estimate of drug-likeness (QED) is 0.194. The molecule has 0 radical (unpaired) electrons. The van der Waals surface area contributed by atoms with Crippen LogP contribution in [0.5, 0.6) is 0 Å². The van der Waals surface area contributed by atoms with E-state index < -0.39 is 12.1 Å². The Kier molecular flexibility index (Phi) is 42.0. The van der Waals surface area contributed by atoms with Crippen LogP contribution >= 0.6 is 0 Å². The highest BCUT2D eigenvalue weighted by Crippen LogP contribution is 2.02. The number of hydrogen-bond donors (Lipinski definition) is 2. The normalized spacial score (nSPS) is 8.56. The molecule has 0 aromatic carbocycles. The third-order valence-corrected chi connectivity index (χ3v) is 3.40. The average molecular weight is 463 g/mol. The molecule has 0 aliphatic heterocycles. The Bertz CT molecular complexity index is 463. The van der Waals surface area contributed by atoms with E-state index in [-0.39, 0.29) is 48.8 Å². The molecule has 0 spiro atoms. The largest absolute Gasteiger partial charge is 0.459 e. The van der Waals surface area contributed by atoms with Crippen LogP contribution in [-0.2, 0) is 19.1 Å². The molecule has 7 heteroatoms. The lowest BCUT2D eigenvalue weighted by molar-refractivity contribution is -0.138. The molecule has 0 aromatic heterocycles. The summed E-state index contributed by atoms with van der Waals surface area (Å²) in [6, 6.07) is 0. The molecule has 0 unspecified atom stereocenters. The standard InChI is InChI=1S/C12H21NO4.C9H17NO.4CH4/c1-4-11(14)16-8-9-17-12(15)13-7-5-6-10(2)3;1-4-9(11)10-7-5-6-8(2)3;;;;/h4,10H,1,5-9H2,2-3H3,(H,13,15);4,8H,1,5-7H2,2-3H3,(H,10,11);4*1H4. The van der Waals surface area contributed by atoms with E-state index in [0.29, 0.717) is 12.5 Å². The Morgan fingerprint density at radius 1 is 0.750 bits per heavy atom. The summed E-state index contributed by atoms with van der Waals surface area (Å²) in [5, 5.41) is 5.35. The summed E-state index contributed by atoms with van der Waals surface area (Å²) >= 11 is 0. The van der Waals surface area contributed by atoms with Gasteiger partial charge < -0.3 is 20.1 Å². The number of esters is 1. The Morgan fingerprint density at radius 2 is 1.19 bits per heavy atom. The van der Waals surface area contributed by atoms with E-state index in [1.807, 2.05) is 0 Å². The molecule has 0 bridgehead atoms. The minimum Gasteiger partial charge on any atom is -0.459 e. The van der Waals surface area contributed by atoms with Crippen LogP contribution in [0, 0.1) is 11.8 Å². The van der Waals surface area contributed by atoms with Gasteiger partial charge >= 0.3 is 12.1 Å². The van der Waals surface area contributed by atoms with Gasteiger partial charge in [0.1, 0.15) is 13.2 Å². The van der Waals surface area contributed by atoms with Gasteiger partial charge in [-0.3, -0.25) is 4.79 Å². The van der Waals surface area contributed by atoms with Gasteiger partial charge in [-0.15, -0.1) is 0 Å². The second kappa shape index (κ2) is 30.9. The van der Waals surface area contributed by atoms with Crippen molar-refractivity contribution in [1.29, 1.82) is 0 Å². The monoisotopic (exact) mass is 462 g/mol. The van der Waals surface area contributed by atoms with E-state index in [9.17, 15) is 14.4 Å². The van der Waals surface area contributed by atoms with Gasteiger partial charge in [-0.2, -0.15) is 0 Å². The van der Waals surface area contributed by atoms with Gasteiger partial charge in [-0.25, -0.2) is 9.59 Å². The van der Waals surface area contributed by atoms with Gasteiger partial charge in [-0.1, -0.05) is 70.6 Å². The van der Waals surface area contributed by atoms with Crippen LogP contribution < -0.4 is 10.6 Å². The van der Waals surface area contributed by atoms with Crippen molar-refractivity contribution < 1.29 is 23.9 Å². The zero-order chi connectivity index (χ0) is 21.8. The van der Waals surface area contributed by atoms with Gasteiger partial charge in [0.05, 0.1) is 0 Å². The van der Waals surface area contributed by atoms with Gasteiger partial charge in [0.25, 0.3) is 0 Å². The van der Waals surface area contributed by atoms with E-state index in [4.69, 9.17) is 4.74 Å². The Hall–Kier alpha value is -2.31. The number of rotatable bonds is 13. The van der Waals surface area contributed by atoms with E-state index in [0.717, 1.165) is 44.2 Å². The number of nitrogens with one attached hydrogen (secondary N) is 2. The summed E-state index contributed by atoms with van der Waals surface area (Å²) in [6.07, 6.45) is 6.09.